The van der Waals surface area contributed by atoms with Crippen molar-refractivity contribution >= 4 is 23.6 Å². The number of nitrogens with one attached hydrogen (secondary N) is 2. The predicted octanol–water partition coefficient (Wildman–Crippen LogP) is 2.51. The van der Waals surface area contributed by atoms with Crippen molar-refractivity contribution in [2.75, 3.05) is 44.7 Å². The van der Waals surface area contributed by atoms with Gasteiger partial charge in [-0.2, -0.15) is 0 Å². The monoisotopic (exact) mass is 407 g/mol. The third kappa shape index (κ3) is 5.06. The summed E-state index contributed by atoms with van der Waals surface area (Å²) in [4.78, 5) is 26.9. The summed E-state index contributed by atoms with van der Waals surface area (Å²) in [6, 6.07) is 14.4. The van der Waals surface area contributed by atoms with Crippen LogP contribution in [0, 0.1) is 0 Å². The van der Waals surface area contributed by atoms with Gasteiger partial charge in [0, 0.05) is 25.2 Å². The number of anilines is 1. The molecule has 2 aliphatic heterocycles. The van der Waals surface area contributed by atoms with Crippen LogP contribution in [0.3, 0.4) is 0 Å². The second kappa shape index (κ2) is 9.56. The molecule has 156 valence electrons. The van der Waals surface area contributed by atoms with E-state index in [1.165, 1.54) is 0 Å². The van der Waals surface area contributed by atoms with Gasteiger partial charge in [-0.05, 0) is 48.9 Å². The van der Waals surface area contributed by atoms with Gasteiger partial charge in [0.05, 0.1) is 18.9 Å². The zero-order valence-electron chi connectivity index (χ0n) is 16.7. The predicted molar refractivity (Wildman–Crippen MR) is 114 cm³/mol. The summed E-state index contributed by atoms with van der Waals surface area (Å²) in [5.74, 6) is 0.429. The summed E-state index contributed by atoms with van der Waals surface area (Å²) in [7, 11) is 0. The van der Waals surface area contributed by atoms with E-state index in [1.54, 1.807) is 42.5 Å². The Kier molecular flexibility index (Phi) is 6.41. The lowest BCUT2D eigenvalue weighted by molar-refractivity contribution is -0.115. The van der Waals surface area contributed by atoms with Gasteiger partial charge >= 0.3 is 0 Å². The fourth-order valence-corrected chi connectivity index (χ4v) is 3.42. The first kappa shape index (κ1) is 20.1. The Balaban J connectivity index is 1.30. The normalized spacial score (nSPS) is 17.7. The van der Waals surface area contributed by atoms with E-state index in [2.05, 4.69) is 15.5 Å². The summed E-state index contributed by atoms with van der Waals surface area (Å²) in [6.45, 7) is 5.08. The van der Waals surface area contributed by atoms with Gasteiger partial charge in [-0.1, -0.05) is 24.3 Å². The van der Waals surface area contributed by atoms with Crippen molar-refractivity contribution in [2.45, 2.75) is 6.42 Å². The number of ether oxygens (including phenoxy) is 2. The van der Waals surface area contributed by atoms with Crippen LogP contribution < -0.4 is 15.4 Å². The number of rotatable bonds is 6. The minimum Gasteiger partial charge on any atom is -0.449 e. The van der Waals surface area contributed by atoms with Crippen molar-refractivity contribution in [2.24, 2.45) is 0 Å². The minimum absolute atomic E-state index is 0.100. The molecule has 0 aromatic heterocycles. The van der Waals surface area contributed by atoms with E-state index in [1.807, 2.05) is 12.1 Å². The Morgan fingerprint density at radius 3 is 2.67 bits per heavy atom. The third-order valence-electron chi connectivity index (χ3n) is 5.09. The highest BCUT2D eigenvalue weighted by molar-refractivity contribution is 6.08. The fraction of sp³-hybridized carbons (Fsp3) is 0.304. The van der Waals surface area contributed by atoms with Crippen molar-refractivity contribution in [3.05, 3.63) is 65.4 Å². The number of hydrogen-bond donors (Lipinski definition) is 2. The lowest BCUT2D eigenvalue weighted by Crippen LogP contribution is -2.38. The van der Waals surface area contributed by atoms with Gasteiger partial charge in [-0.15, -0.1) is 0 Å². The Bertz CT molecular complexity index is 934. The molecule has 2 aromatic carbocycles. The van der Waals surface area contributed by atoms with E-state index in [9.17, 15) is 9.59 Å². The molecule has 0 atom stereocenters. The van der Waals surface area contributed by atoms with Crippen LogP contribution in [-0.4, -0.2) is 56.1 Å². The molecular formula is C23H25N3O4. The van der Waals surface area contributed by atoms with E-state index in [0.717, 1.165) is 44.8 Å². The molecule has 2 aromatic rings. The van der Waals surface area contributed by atoms with Crippen LogP contribution in [0.2, 0.25) is 0 Å². The molecule has 7 heteroatoms. The Hall–Kier alpha value is -3.16. The van der Waals surface area contributed by atoms with Crippen molar-refractivity contribution in [1.29, 1.82) is 0 Å². The quantitative estimate of drug-likeness (QED) is 0.568. The topological polar surface area (TPSA) is 79.9 Å². The lowest BCUT2D eigenvalue weighted by atomic mass is 10.1. The van der Waals surface area contributed by atoms with Crippen LogP contribution >= 0.6 is 0 Å². The van der Waals surface area contributed by atoms with Gasteiger partial charge in [0.25, 0.3) is 11.8 Å². The minimum atomic E-state index is -0.296. The fourth-order valence-electron chi connectivity index (χ4n) is 3.42. The summed E-state index contributed by atoms with van der Waals surface area (Å²) in [6.07, 6.45) is 2.57. The van der Waals surface area contributed by atoms with Crippen molar-refractivity contribution in [3.8, 4) is 5.75 Å². The smallest absolute Gasteiger partial charge is 0.291 e. The van der Waals surface area contributed by atoms with E-state index in [0.29, 0.717) is 23.5 Å². The van der Waals surface area contributed by atoms with E-state index in [4.69, 9.17) is 9.47 Å². The standard InChI is InChI=1S/C23H25N3O4/c27-22(24-10-3-11-26-12-14-29-15-13-26)18-8-6-17(7-9-18)16-21-23(28)25-19-4-1-2-5-20(19)30-21/h1-2,4-9,16H,3,10-15H2,(H,24,27)(H,25,28)/b21-16-. The molecule has 0 aliphatic carbocycles. The first-order chi connectivity index (χ1) is 14.7. The van der Waals surface area contributed by atoms with Crippen LogP contribution in [0.5, 0.6) is 5.75 Å². The molecule has 2 N–H and O–H groups in total. The summed E-state index contributed by atoms with van der Waals surface area (Å²) in [5, 5.41) is 5.76. The Labute approximate surface area is 175 Å². The number of benzene rings is 2. The molecule has 0 spiro atoms. The number of fused-ring (bicyclic) bond motifs is 1. The van der Waals surface area contributed by atoms with Crippen molar-refractivity contribution in [1.82, 2.24) is 10.2 Å². The SMILES string of the molecule is O=C1Nc2ccccc2O/C1=C\c1ccc(C(=O)NCCCN2CCOCC2)cc1. The molecule has 7 nitrogen and oxygen atoms in total. The molecule has 1 fully saturated rings. The Morgan fingerprint density at radius 2 is 1.87 bits per heavy atom. The lowest BCUT2D eigenvalue weighted by Gasteiger charge is -2.26. The second-order valence-electron chi connectivity index (χ2n) is 7.25. The van der Waals surface area contributed by atoms with Crippen LogP contribution in [-0.2, 0) is 9.53 Å². The maximum atomic E-state index is 12.3. The number of para-hydroxylation sites is 2. The molecule has 0 saturated carbocycles. The number of carbonyl (C=O) groups is 2. The summed E-state index contributed by atoms with van der Waals surface area (Å²) < 4.78 is 11.0. The van der Waals surface area contributed by atoms with E-state index < -0.39 is 0 Å². The zero-order valence-corrected chi connectivity index (χ0v) is 16.7. The van der Waals surface area contributed by atoms with E-state index >= 15 is 0 Å². The first-order valence-electron chi connectivity index (χ1n) is 10.2. The highest BCUT2D eigenvalue weighted by Gasteiger charge is 2.21. The maximum Gasteiger partial charge on any atom is 0.291 e. The zero-order chi connectivity index (χ0) is 20.8. The van der Waals surface area contributed by atoms with Crippen molar-refractivity contribution in [3.63, 3.8) is 0 Å². The van der Waals surface area contributed by atoms with Crippen LogP contribution in [0.4, 0.5) is 5.69 Å². The molecule has 2 heterocycles. The summed E-state index contributed by atoms with van der Waals surface area (Å²) >= 11 is 0. The van der Waals surface area contributed by atoms with Gasteiger partial charge in [0.15, 0.2) is 11.5 Å². The van der Waals surface area contributed by atoms with Gasteiger partial charge in [0.1, 0.15) is 0 Å². The summed E-state index contributed by atoms with van der Waals surface area (Å²) in [5.41, 5.74) is 2.02. The molecule has 30 heavy (non-hydrogen) atoms. The molecule has 0 bridgehead atoms. The third-order valence-corrected chi connectivity index (χ3v) is 5.09. The molecule has 0 radical (unpaired) electrons. The molecule has 2 aliphatic rings. The van der Waals surface area contributed by atoms with Crippen LogP contribution in [0.25, 0.3) is 6.08 Å². The molecule has 4 rings (SSSR count). The van der Waals surface area contributed by atoms with Gasteiger partial charge in [-0.3, -0.25) is 14.5 Å². The average Bonchev–Trinajstić information content (AvgIpc) is 2.78. The number of carbonyl (C=O) groups excluding carboxylic acids is 2. The molecule has 2 amide bonds. The van der Waals surface area contributed by atoms with Gasteiger partial charge in [0.2, 0.25) is 0 Å². The highest BCUT2D eigenvalue weighted by atomic mass is 16.5. The maximum absolute atomic E-state index is 12.3. The van der Waals surface area contributed by atoms with Crippen molar-refractivity contribution < 1.29 is 19.1 Å². The largest absolute Gasteiger partial charge is 0.449 e. The number of nitrogens with zero attached hydrogens (tertiary/aromatic N) is 1. The van der Waals surface area contributed by atoms with Crippen LogP contribution in [0.1, 0.15) is 22.3 Å². The van der Waals surface area contributed by atoms with Gasteiger partial charge in [-0.25, -0.2) is 0 Å². The number of morpholine rings is 1. The second-order valence-corrected chi connectivity index (χ2v) is 7.25. The molecular weight excluding hydrogens is 382 g/mol. The number of amides is 2. The first-order valence-corrected chi connectivity index (χ1v) is 10.2. The highest BCUT2D eigenvalue weighted by Crippen LogP contribution is 2.30. The van der Waals surface area contributed by atoms with Gasteiger partial charge < -0.3 is 20.1 Å². The average molecular weight is 407 g/mol. The molecule has 1 saturated heterocycles. The van der Waals surface area contributed by atoms with Crippen LogP contribution in [0.15, 0.2) is 54.3 Å². The Morgan fingerprint density at radius 1 is 1.10 bits per heavy atom. The molecule has 0 unspecified atom stereocenters. The van der Waals surface area contributed by atoms with E-state index in [-0.39, 0.29) is 17.6 Å². The number of hydrogen-bond acceptors (Lipinski definition) is 5.